The molecule has 0 spiro atoms. The van der Waals surface area contributed by atoms with Gasteiger partial charge in [-0.3, -0.25) is 19.8 Å². The van der Waals surface area contributed by atoms with E-state index in [0.717, 1.165) is 49.3 Å². The molecule has 1 aliphatic rings. The second-order valence-electron chi connectivity index (χ2n) is 8.81. The number of likely N-dealkylation sites (tertiary alicyclic amines) is 1. The highest BCUT2D eigenvalue weighted by atomic mass is 16.6. The van der Waals surface area contributed by atoms with E-state index in [1.807, 2.05) is 67.3 Å². The van der Waals surface area contributed by atoms with Crippen LogP contribution in [0.4, 0.5) is 11.4 Å². The highest BCUT2D eigenvalue weighted by molar-refractivity contribution is 6.06. The number of nitro benzene ring substituents is 1. The minimum Gasteiger partial charge on any atom is -0.305 e. The van der Waals surface area contributed by atoms with Gasteiger partial charge in [-0.25, -0.2) is 0 Å². The molecule has 0 unspecified atom stereocenters. The number of non-ortho nitro benzene ring substituents is 1. The van der Waals surface area contributed by atoms with E-state index < -0.39 is 0 Å². The summed E-state index contributed by atoms with van der Waals surface area (Å²) in [6, 6.07) is 22.8. The van der Waals surface area contributed by atoms with E-state index in [0.29, 0.717) is 5.56 Å². The topological polar surface area (TPSA) is 66.7 Å². The zero-order chi connectivity index (χ0) is 23.4. The van der Waals surface area contributed by atoms with Gasteiger partial charge in [0.15, 0.2) is 0 Å². The molecule has 0 aliphatic carbocycles. The summed E-state index contributed by atoms with van der Waals surface area (Å²) in [4.78, 5) is 28.4. The summed E-state index contributed by atoms with van der Waals surface area (Å²) >= 11 is 0. The van der Waals surface area contributed by atoms with Crippen LogP contribution in [0.2, 0.25) is 0 Å². The van der Waals surface area contributed by atoms with E-state index in [-0.39, 0.29) is 22.6 Å². The Balaban J connectivity index is 1.48. The molecular formula is C27H29N3O3. The predicted octanol–water partition coefficient (Wildman–Crippen LogP) is 5.52. The predicted molar refractivity (Wildman–Crippen MR) is 131 cm³/mol. The molecule has 0 bridgehead atoms. The standard InChI is InChI=1S/C27H29N3O3/c1-20-3-9-23(10-4-20)27(31)29(24-11-5-21(2)6-12-24)25-15-17-28(18-16-25)19-22-7-13-26(14-8-22)30(32)33/h3-14,25H,15-19H2,1-2H3. The second kappa shape index (κ2) is 9.96. The number of nitro groups is 1. The Morgan fingerprint density at radius 3 is 2.00 bits per heavy atom. The van der Waals surface area contributed by atoms with Crippen LogP contribution in [-0.2, 0) is 6.54 Å². The number of hydrogen-bond donors (Lipinski definition) is 0. The van der Waals surface area contributed by atoms with Crippen molar-refractivity contribution in [2.24, 2.45) is 0 Å². The molecule has 0 radical (unpaired) electrons. The average Bonchev–Trinajstić information content (AvgIpc) is 2.82. The summed E-state index contributed by atoms with van der Waals surface area (Å²) in [5, 5.41) is 10.9. The van der Waals surface area contributed by atoms with E-state index in [2.05, 4.69) is 17.0 Å². The molecule has 4 rings (SSSR count). The molecule has 1 aliphatic heterocycles. The maximum atomic E-state index is 13.6. The number of anilines is 1. The van der Waals surface area contributed by atoms with Crippen molar-refractivity contribution in [3.8, 4) is 0 Å². The van der Waals surface area contributed by atoms with Gasteiger partial charge < -0.3 is 4.90 Å². The fourth-order valence-electron chi connectivity index (χ4n) is 4.35. The number of benzene rings is 3. The number of aryl methyl sites for hydroxylation is 2. The van der Waals surface area contributed by atoms with Gasteiger partial charge in [0.2, 0.25) is 0 Å². The lowest BCUT2D eigenvalue weighted by Crippen LogP contribution is -2.47. The zero-order valence-electron chi connectivity index (χ0n) is 19.1. The normalized spacial score (nSPS) is 14.7. The number of piperidine rings is 1. The van der Waals surface area contributed by atoms with Crippen molar-refractivity contribution in [3.05, 3.63) is 105 Å². The summed E-state index contributed by atoms with van der Waals surface area (Å²) in [5.41, 5.74) is 5.10. The number of nitrogens with zero attached hydrogens (tertiary/aromatic N) is 3. The smallest absolute Gasteiger partial charge is 0.269 e. The Bertz CT molecular complexity index is 1100. The van der Waals surface area contributed by atoms with Crippen molar-refractivity contribution in [3.63, 3.8) is 0 Å². The first-order valence-corrected chi connectivity index (χ1v) is 11.3. The van der Waals surface area contributed by atoms with Crippen LogP contribution in [0, 0.1) is 24.0 Å². The Morgan fingerprint density at radius 2 is 1.45 bits per heavy atom. The lowest BCUT2D eigenvalue weighted by atomic mass is 9.99. The molecule has 3 aromatic carbocycles. The van der Waals surface area contributed by atoms with Crippen LogP contribution in [0.5, 0.6) is 0 Å². The van der Waals surface area contributed by atoms with E-state index in [9.17, 15) is 14.9 Å². The second-order valence-corrected chi connectivity index (χ2v) is 8.81. The summed E-state index contributed by atoms with van der Waals surface area (Å²) < 4.78 is 0. The van der Waals surface area contributed by atoms with Gasteiger partial charge in [0, 0.05) is 49.1 Å². The van der Waals surface area contributed by atoms with Gasteiger partial charge in [0.05, 0.1) is 4.92 Å². The van der Waals surface area contributed by atoms with Gasteiger partial charge in [0.25, 0.3) is 11.6 Å². The van der Waals surface area contributed by atoms with Crippen molar-refractivity contribution < 1.29 is 9.72 Å². The van der Waals surface area contributed by atoms with E-state index >= 15 is 0 Å². The first kappa shape index (κ1) is 22.7. The molecule has 3 aromatic rings. The summed E-state index contributed by atoms with van der Waals surface area (Å²) in [6.45, 7) is 6.55. The molecule has 6 heteroatoms. The zero-order valence-corrected chi connectivity index (χ0v) is 19.1. The third kappa shape index (κ3) is 5.46. The van der Waals surface area contributed by atoms with E-state index in [1.165, 1.54) is 5.56 Å². The summed E-state index contributed by atoms with van der Waals surface area (Å²) in [6.07, 6.45) is 1.75. The lowest BCUT2D eigenvalue weighted by Gasteiger charge is -2.38. The van der Waals surface area contributed by atoms with E-state index in [4.69, 9.17) is 0 Å². The summed E-state index contributed by atoms with van der Waals surface area (Å²) in [5.74, 6) is 0.0349. The number of rotatable bonds is 6. The van der Waals surface area contributed by atoms with Crippen LogP contribution < -0.4 is 4.90 Å². The van der Waals surface area contributed by atoms with Crippen LogP contribution >= 0.6 is 0 Å². The Kier molecular flexibility index (Phi) is 6.84. The molecular weight excluding hydrogens is 414 g/mol. The van der Waals surface area contributed by atoms with Gasteiger partial charge in [-0.15, -0.1) is 0 Å². The molecule has 33 heavy (non-hydrogen) atoms. The highest BCUT2D eigenvalue weighted by Gasteiger charge is 2.30. The van der Waals surface area contributed by atoms with Gasteiger partial charge in [-0.1, -0.05) is 47.5 Å². The molecule has 1 saturated heterocycles. The minimum atomic E-state index is -0.375. The number of carbonyl (C=O) groups is 1. The molecule has 0 atom stereocenters. The third-order valence-electron chi connectivity index (χ3n) is 6.31. The maximum Gasteiger partial charge on any atom is 0.269 e. The van der Waals surface area contributed by atoms with Crippen LogP contribution in [0.25, 0.3) is 0 Å². The molecule has 0 aromatic heterocycles. The van der Waals surface area contributed by atoms with Crippen LogP contribution in [0.15, 0.2) is 72.8 Å². The molecule has 1 heterocycles. The van der Waals surface area contributed by atoms with Crippen molar-refractivity contribution in [1.82, 2.24) is 4.90 Å². The number of amides is 1. The third-order valence-corrected chi connectivity index (χ3v) is 6.31. The fourth-order valence-corrected chi connectivity index (χ4v) is 4.35. The fraction of sp³-hybridized carbons (Fsp3) is 0.296. The first-order chi connectivity index (χ1) is 15.9. The Hall–Kier alpha value is -3.51. The number of carbonyl (C=O) groups excluding carboxylic acids is 1. The van der Waals surface area contributed by atoms with Crippen molar-refractivity contribution >= 4 is 17.3 Å². The van der Waals surface area contributed by atoms with Crippen LogP contribution in [0.3, 0.4) is 0 Å². The van der Waals surface area contributed by atoms with E-state index in [1.54, 1.807) is 12.1 Å². The molecule has 0 N–H and O–H groups in total. The molecule has 6 nitrogen and oxygen atoms in total. The van der Waals surface area contributed by atoms with Crippen molar-refractivity contribution in [1.29, 1.82) is 0 Å². The minimum absolute atomic E-state index is 0.0349. The summed E-state index contributed by atoms with van der Waals surface area (Å²) in [7, 11) is 0. The molecule has 0 saturated carbocycles. The SMILES string of the molecule is Cc1ccc(C(=O)N(c2ccc(C)cc2)C2CCN(Cc3ccc([N+](=O)[O-])cc3)CC2)cc1. The quantitative estimate of drug-likeness (QED) is 0.371. The van der Waals surface area contributed by atoms with Gasteiger partial charge in [0.1, 0.15) is 0 Å². The van der Waals surface area contributed by atoms with Gasteiger partial charge in [-0.2, -0.15) is 0 Å². The van der Waals surface area contributed by atoms with Crippen molar-refractivity contribution in [2.45, 2.75) is 39.3 Å². The molecule has 170 valence electrons. The Labute approximate surface area is 194 Å². The monoisotopic (exact) mass is 443 g/mol. The first-order valence-electron chi connectivity index (χ1n) is 11.3. The maximum absolute atomic E-state index is 13.6. The number of hydrogen-bond acceptors (Lipinski definition) is 4. The Morgan fingerprint density at radius 1 is 0.909 bits per heavy atom. The van der Waals surface area contributed by atoms with Gasteiger partial charge in [-0.05, 0) is 56.5 Å². The van der Waals surface area contributed by atoms with Crippen LogP contribution in [0.1, 0.15) is 39.9 Å². The largest absolute Gasteiger partial charge is 0.305 e. The highest BCUT2D eigenvalue weighted by Crippen LogP contribution is 2.27. The van der Waals surface area contributed by atoms with Crippen LogP contribution in [-0.4, -0.2) is 34.9 Å². The molecule has 1 fully saturated rings. The average molecular weight is 444 g/mol. The molecule has 1 amide bonds. The van der Waals surface area contributed by atoms with Gasteiger partial charge >= 0.3 is 0 Å². The van der Waals surface area contributed by atoms with Crippen molar-refractivity contribution in [2.75, 3.05) is 18.0 Å². The lowest BCUT2D eigenvalue weighted by molar-refractivity contribution is -0.384.